The average molecular weight is 526 g/mol. The van der Waals surface area contributed by atoms with Gasteiger partial charge >= 0.3 is 0 Å². The molecular weight excluding hydrogens is 502 g/mol. The first-order valence-corrected chi connectivity index (χ1v) is 13.0. The molecule has 0 saturated carbocycles. The van der Waals surface area contributed by atoms with Crippen molar-refractivity contribution in [2.75, 3.05) is 13.9 Å². The Labute approximate surface area is 211 Å². The fourth-order valence-corrected chi connectivity index (χ4v) is 4.89. The van der Waals surface area contributed by atoms with Crippen LogP contribution in [0.5, 0.6) is 0 Å². The number of hydrogen-bond donors (Lipinski definition) is 3. The molecule has 0 atom stereocenters. The molecule has 0 saturated heterocycles. The van der Waals surface area contributed by atoms with Crippen molar-refractivity contribution in [1.82, 2.24) is 0 Å². The molecule has 1 amide bonds. The molecule has 3 aromatic carbocycles. The summed E-state index contributed by atoms with van der Waals surface area (Å²) in [6.07, 6.45) is 1.36. The van der Waals surface area contributed by atoms with E-state index in [1.54, 1.807) is 54.6 Å². The number of furan rings is 1. The highest BCUT2D eigenvalue weighted by atomic mass is 32.2. The third kappa shape index (κ3) is 5.42. The van der Waals surface area contributed by atoms with Gasteiger partial charge in [0, 0.05) is 5.69 Å². The van der Waals surface area contributed by atoms with Crippen LogP contribution in [0.25, 0.3) is 0 Å². The summed E-state index contributed by atoms with van der Waals surface area (Å²) < 4.78 is 57.1. The summed E-state index contributed by atoms with van der Waals surface area (Å²) >= 11 is 0. The second-order valence-corrected chi connectivity index (χ2v) is 9.66. The summed E-state index contributed by atoms with van der Waals surface area (Å²) in [5, 5.41) is 2.66. The van der Waals surface area contributed by atoms with Gasteiger partial charge in [-0.1, -0.05) is 35.4 Å². The van der Waals surface area contributed by atoms with Crippen molar-refractivity contribution < 1.29 is 26.0 Å². The van der Waals surface area contributed by atoms with Crippen LogP contribution in [0.2, 0.25) is 0 Å². The van der Waals surface area contributed by atoms with Gasteiger partial charge in [-0.15, -0.1) is 0 Å². The molecule has 11 heteroatoms. The predicted molar refractivity (Wildman–Crippen MR) is 140 cm³/mol. The van der Waals surface area contributed by atoms with Crippen molar-refractivity contribution in [2.45, 2.75) is 13.8 Å². The molecule has 0 unspecified atom stereocenters. The molecule has 186 valence electrons. The normalized spacial score (nSPS) is 11.0. The van der Waals surface area contributed by atoms with Crippen molar-refractivity contribution >= 4 is 56.1 Å². The van der Waals surface area contributed by atoms with E-state index in [0.717, 1.165) is 19.7 Å². The minimum Gasteiger partial charge on any atom is -0.459 e. The van der Waals surface area contributed by atoms with Crippen molar-refractivity contribution in [3.8, 4) is 0 Å². The molecule has 0 aliphatic carbocycles. The molecule has 4 rings (SSSR count). The maximum atomic E-state index is 12.5. The highest BCUT2D eigenvalue weighted by molar-refractivity contribution is 7.75. The predicted octanol–water partition coefficient (Wildman–Crippen LogP) is 4.48. The standard InChI is InChI=1S/C25H23N3O6S2/c1-17-5-10-20(11-6-17)27(35(30)31)22-14-9-19(26-25(29)24-4-3-15-34-24)16-23(22)28(36(32)33)21-12-7-18(2)8-13-21/h3-16,35-36H,1-2H3,(H,26,29). The number of amides is 1. The van der Waals surface area contributed by atoms with Gasteiger partial charge in [0.2, 0.25) is 21.8 Å². The number of anilines is 5. The Morgan fingerprint density at radius 1 is 0.722 bits per heavy atom. The SMILES string of the molecule is Cc1ccc(N(c2ccc(NC(=O)c3ccco3)cc2N(c2ccc(C)cc2)[SH](=O)=O)[SH](=O)=O)cc1. The molecule has 0 aliphatic rings. The van der Waals surface area contributed by atoms with Gasteiger partial charge in [0.1, 0.15) is 0 Å². The second kappa shape index (κ2) is 10.7. The molecule has 1 heterocycles. The largest absolute Gasteiger partial charge is 0.459 e. The summed E-state index contributed by atoms with van der Waals surface area (Å²) in [4.78, 5) is 12.5. The van der Waals surface area contributed by atoms with Crippen molar-refractivity contribution in [1.29, 1.82) is 0 Å². The van der Waals surface area contributed by atoms with E-state index in [-0.39, 0.29) is 22.8 Å². The number of benzene rings is 3. The van der Waals surface area contributed by atoms with E-state index in [1.807, 2.05) is 13.8 Å². The Bertz CT molecular complexity index is 1510. The third-order valence-corrected chi connectivity index (χ3v) is 6.86. The first-order chi connectivity index (χ1) is 17.2. The lowest BCUT2D eigenvalue weighted by molar-refractivity contribution is 0.0996. The van der Waals surface area contributed by atoms with Gasteiger partial charge < -0.3 is 9.73 Å². The number of hydrogen-bond acceptors (Lipinski definition) is 6. The maximum Gasteiger partial charge on any atom is 0.291 e. The van der Waals surface area contributed by atoms with Gasteiger partial charge in [0.05, 0.1) is 29.0 Å². The Hall–Kier alpha value is -4.09. The van der Waals surface area contributed by atoms with E-state index in [9.17, 15) is 21.6 Å². The molecule has 9 nitrogen and oxygen atoms in total. The number of thiol groups is 2. The Morgan fingerprint density at radius 2 is 1.25 bits per heavy atom. The summed E-state index contributed by atoms with van der Waals surface area (Å²) in [7, 11) is -6.46. The van der Waals surface area contributed by atoms with Crippen molar-refractivity contribution in [3.63, 3.8) is 0 Å². The minimum atomic E-state index is -3.25. The van der Waals surface area contributed by atoms with Gasteiger partial charge in [-0.05, 0) is 68.4 Å². The van der Waals surface area contributed by atoms with E-state index in [1.165, 1.54) is 30.5 Å². The number of aryl methyl sites for hydroxylation is 2. The molecular formula is C25H23N3O6S2. The van der Waals surface area contributed by atoms with Crippen molar-refractivity contribution in [3.05, 3.63) is 102 Å². The van der Waals surface area contributed by atoms with E-state index in [4.69, 9.17) is 4.42 Å². The zero-order valence-electron chi connectivity index (χ0n) is 19.3. The van der Waals surface area contributed by atoms with Gasteiger partial charge in [-0.2, -0.15) is 0 Å². The highest BCUT2D eigenvalue weighted by Gasteiger charge is 2.24. The van der Waals surface area contributed by atoms with Gasteiger partial charge in [-0.25, -0.2) is 25.4 Å². The molecule has 36 heavy (non-hydrogen) atoms. The number of nitrogens with one attached hydrogen (secondary N) is 1. The Balaban J connectivity index is 1.90. The van der Waals surface area contributed by atoms with Crippen molar-refractivity contribution in [2.24, 2.45) is 0 Å². The topological polar surface area (TPSA) is 117 Å². The lowest BCUT2D eigenvalue weighted by Gasteiger charge is -2.27. The number of carbonyl (C=O) groups excluding carboxylic acids is 1. The van der Waals surface area contributed by atoms with E-state index >= 15 is 0 Å². The number of nitrogens with zero attached hydrogens (tertiary/aromatic N) is 2. The van der Waals surface area contributed by atoms with Crippen LogP contribution in [0, 0.1) is 13.8 Å². The number of rotatable bonds is 8. The third-order valence-electron chi connectivity index (χ3n) is 5.32. The zero-order chi connectivity index (χ0) is 25.8. The first kappa shape index (κ1) is 25.0. The maximum absolute atomic E-state index is 12.5. The van der Waals surface area contributed by atoms with Crippen LogP contribution < -0.4 is 13.9 Å². The summed E-state index contributed by atoms with van der Waals surface area (Å²) in [5.41, 5.74) is 2.85. The minimum absolute atomic E-state index is 0.0342. The van der Waals surface area contributed by atoms with Gasteiger partial charge in [-0.3, -0.25) is 4.79 Å². The fourth-order valence-electron chi connectivity index (χ4n) is 3.56. The quantitative estimate of drug-likeness (QED) is 0.292. The summed E-state index contributed by atoms with van der Waals surface area (Å²) in [5.74, 6) is -0.479. The van der Waals surface area contributed by atoms with Crippen LogP contribution in [-0.4, -0.2) is 22.7 Å². The molecule has 4 aromatic rings. The second-order valence-electron chi connectivity index (χ2n) is 7.91. The molecule has 0 fully saturated rings. The number of carbonyl (C=O) groups is 1. The van der Waals surface area contributed by atoms with E-state index in [0.29, 0.717) is 11.4 Å². The van der Waals surface area contributed by atoms with E-state index < -0.39 is 27.7 Å². The average Bonchev–Trinajstić information content (AvgIpc) is 3.38. The van der Waals surface area contributed by atoms with Crippen LogP contribution in [0.15, 0.2) is 89.5 Å². The first-order valence-electron chi connectivity index (χ1n) is 10.8. The van der Waals surface area contributed by atoms with Crippen LogP contribution in [0.1, 0.15) is 21.7 Å². The lowest BCUT2D eigenvalue weighted by Crippen LogP contribution is -2.22. The van der Waals surface area contributed by atoms with Crippen LogP contribution in [0.3, 0.4) is 0 Å². The summed E-state index contributed by atoms with van der Waals surface area (Å²) in [6.45, 7) is 3.73. The fraction of sp³-hybridized carbons (Fsp3) is 0.0800. The molecule has 0 spiro atoms. The zero-order valence-corrected chi connectivity index (χ0v) is 21.1. The Morgan fingerprint density at radius 3 is 1.72 bits per heavy atom. The molecule has 0 radical (unpaired) electrons. The van der Waals surface area contributed by atoms with Crippen LogP contribution in [-0.2, 0) is 21.8 Å². The smallest absolute Gasteiger partial charge is 0.291 e. The van der Waals surface area contributed by atoms with Crippen LogP contribution >= 0.6 is 0 Å². The summed E-state index contributed by atoms with van der Waals surface area (Å²) in [6, 6.07) is 20.9. The molecule has 1 aromatic heterocycles. The monoisotopic (exact) mass is 525 g/mol. The van der Waals surface area contributed by atoms with E-state index in [2.05, 4.69) is 5.32 Å². The van der Waals surface area contributed by atoms with Gasteiger partial charge in [0.25, 0.3) is 5.91 Å². The molecule has 1 N–H and O–H groups in total. The lowest BCUT2D eigenvalue weighted by atomic mass is 10.1. The van der Waals surface area contributed by atoms with Crippen LogP contribution in [0.4, 0.5) is 28.4 Å². The van der Waals surface area contributed by atoms with Gasteiger partial charge in [0.15, 0.2) is 5.76 Å². The Kier molecular flexibility index (Phi) is 7.41. The molecule has 0 bridgehead atoms. The molecule has 0 aliphatic heterocycles. The highest BCUT2D eigenvalue weighted by Crippen LogP contribution is 2.40.